The molecule has 90 heavy (non-hydrogen) atoms. The maximum Gasteiger partial charge on any atom is 0.194 e. The number of anilines is 6. The van der Waals surface area contributed by atoms with Crippen LogP contribution >= 0.6 is 0 Å². The molecule has 2 atom stereocenters. The summed E-state index contributed by atoms with van der Waals surface area (Å²) in [5, 5.41) is 0. The molecule has 0 amide bonds. The Morgan fingerprint density at radius 1 is 0.289 bits per heavy atom. The zero-order chi connectivity index (χ0) is 62.3. The van der Waals surface area contributed by atoms with Gasteiger partial charge in [0, 0.05) is 34.1 Å². The van der Waals surface area contributed by atoms with Gasteiger partial charge in [-0.3, -0.25) is 0 Å². The summed E-state index contributed by atoms with van der Waals surface area (Å²) >= 11 is 0. The largest absolute Gasteiger partial charge is 0.310 e. The third-order valence-electron chi connectivity index (χ3n) is 18.0. The number of nitrogens with zero attached hydrogens (tertiary/aromatic N) is 2. The second-order valence-electron chi connectivity index (χ2n) is 22.8. The third-order valence-corrected chi connectivity index (χ3v) is 18.0. The van der Waals surface area contributed by atoms with Crippen molar-refractivity contribution >= 4 is 46.3 Å². The molecule has 14 rings (SSSR count). The minimum Gasteiger partial charge on any atom is -0.310 e. The SMILES string of the molecule is C=Cc1ccc(C2(c3cc(F)c(F)c(F)c3)c3ccccc3-c3ccc(N(c4ccc(-c5ccc(N(c6ccc(C)c(F)c6)c6ccc7c(c6)C(c6ccc(C=C)cc6)(c6cc(F)c(F)c(F)c6)c6ccccc6-7)cc5)cc4)c4ccc(C)c(F)c4)cc32)cc1. The summed E-state index contributed by atoms with van der Waals surface area (Å²) in [6.45, 7) is 11.2. The molecule has 0 aromatic heterocycles. The zero-order valence-corrected chi connectivity index (χ0v) is 48.6. The molecule has 2 aliphatic rings. The molecule has 0 saturated carbocycles. The molecule has 0 fully saturated rings. The van der Waals surface area contributed by atoms with Crippen molar-refractivity contribution < 1.29 is 35.1 Å². The Balaban J connectivity index is 0.882. The Labute approximate surface area is 515 Å². The number of rotatable bonds is 13. The van der Waals surface area contributed by atoms with Crippen molar-refractivity contribution in [1.82, 2.24) is 0 Å². The van der Waals surface area contributed by atoms with E-state index in [1.165, 1.54) is 12.1 Å². The average molecular weight is 1190 g/mol. The molecular weight excluding hydrogens is 1140 g/mol. The van der Waals surface area contributed by atoms with E-state index in [4.69, 9.17) is 0 Å². The molecule has 0 spiro atoms. The molecule has 10 heteroatoms. The Morgan fingerprint density at radius 2 is 0.600 bits per heavy atom. The Morgan fingerprint density at radius 3 is 0.944 bits per heavy atom. The minimum atomic E-state index is -1.58. The lowest BCUT2D eigenvalue weighted by Crippen LogP contribution is -2.29. The first-order valence-corrected chi connectivity index (χ1v) is 29.2. The Bertz CT molecular complexity index is 4530. The molecule has 12 aromatic rings. The zero-order valence-electron chi connectivity index (χ0n) is 48.6. The summed E-state index contributed by atoms with van der Waals surface area (Å²) in [5.41, 5.74) is 12.6. The lowest BCUT2D eigenvalue weighted by Gasteiger charge is -2.35. The van der Waals surface area contributed by atoms with Crippen molar-refractivity contribution in [3.05, 3.63) is 369 Å². The topological polar surface area (TPSA) is 6.48 Å². The van der Waals surface area contributed by atoms with Crippen molar-refractivity contribution in [2.24, 2.45) is 0 Å². The molecule has 0 saturated heterocycles. The molecule has 2 nitrogen and oxygen atoms in total. The van der Waals surface area contributed by atoms with Gasteiger partial charge in [0.1, 0.15) is 11.6 Å². The summed E-state index contributed by atoms with van der Waals surface area (Å²) in [4.78, 5) is 3.83. The highest BCUT2D eigenvalue weighted by molar-refractivity contribution is 5.92. The molecule has 438 valence electrons. The second-order valence-corrected chi connectivity index (χ2v) is 22.8. The van der Waals surface area contributed by atoms with Gasteiger partial charge in [-0.15, -0.1) is 0 Å². The summed E-state index contributed by atoms with van der Waals surface area (Å²) in [7, 11) is 0. The number of aryl methyl sites for hydroxylation is 2. The van der Waals surface area contributed by atoms with E-state index in [0.717, 1.165) is 79.9 Å². The van der Waals surface area contributed by atoms with Crippen LogP contribution in [0.4, 0.5) is 69.2 Å². The number of hydrogen-bond acceptors (Lipinski definition) is 2. The Kier molecular flexibility index (Phi) is 14.0. The number of benzene rings is 12. The molecule has 12 aromatic carbocycles. The second kappa shape index (κ2) is 22.1. The van der Waals surface area contributed by atoms with Crippen molar-refractivity contribution in [1.29, 1.82) is 0 Å². The van der Waals surface area contributed by atoms with Crippen LogP contribution in [0.1, 0.15) is 66.8 Å². The lowest BCUT2D eigenvalue weighted by atomic mass is 9.67. The van der Waals surface area contributed by atoms with Gasteiger partial charge in [0.15, 0.2) is 34.9 Å². The van der Waals surface area contributed by atoms with Crippen molar-refractivity contribution in [2.45, 2.75) is 24.7 Å². The smallest absolute Gasteiger partial charge is 0.194 e. The molecule has 0 heterocycles. The van der Waals surface area contributed by atoms with Gasteiger partial charge in [0.2, 0.25) is 0 Å². The molecule has 2 aliphatic carbocycles. The van der Waals surface area contributed by atoms with E-state index in [1.54, 1.807) is 38.1 Å². The van der Waals surface area contributed by atoms with Gasteiger partial charge in [-0.25, -0.2) is 35.1 Å². The average Bonchev–Trinajstić information content (AvgIpc) is 1.53. The van der Waals surface area contributed by atoms with Crippen LogP contribution in [0.15, 0.2) is 256 Å². The van der Waals surface area contributed by atoms with Gasteiger partial charge in [0.25, 0.3) is 0 Å². The standard InChI is InChI=1S/C80H52F8N2/c1-5-49-17-25-53(26-18-49)79(55-39-73(83)77(87)74(84)40-55)67-13-9-7-11-63(67)65-37-35-59(43-69(65)79)89(61-29-15-47(3)71(81)45-61)57-31-21-51(22-32-57)52-23-33-58(34-24-52)90(62-30-16-48(4)72(82)46-62)60-36-38-66-64-12-8-10-14-68(64)80(70(66)44-60,54-27-19-50(6-2)20-28-54)56-41-75(85)78(88)76(86)42-56/h5-46H,1-2H2,3-4H3. The van der Waals surface area contributed by atoms with E-state index in [1.807, 2.05) is 204 Å². The monoisotopic (exact) mass is 1190 g/mol. The predicted octanol–water partition coefficient (Wildman–Crippen LogP) is 22.0. The highest BCUT2D eigenvalue weighted by Gasteiger charge is 2.49. The van der Waals surface area contributed by atoms with Gasteiger partial charge < -0.3 is 9.80 Å². The van der Waals surface area contributed by atoms with Crippen LogP contribution in [-0.4, -0.2) is 0 Å². The van der Waals surface area contributed by atoms with Crippen molar-refractivity contribution in [3.8, 4) is 33.4 Å². The van der Waals surface area contributed by atoms with E-state index < -0.39 is 57.4 Å². The predicted molar refractivity (Wildman–Crippen MR) is 345 cm³/mol. The van der Waals surface area contributed by atoms with Crippen molar-refractivity contribution in [3.63, 3.8) is 0 Å². The van der Waals surface area contributed by atoms with Gasteiger partial charge >= 0.3 is 0 Å². The first-order chi connectivity index (χ1) is 43.6. The van der Waals surface area contributed by atoms with Crippen LogP contribution in [0.5, 0.6) is 0 Å². The van der Waals surface area contributed by atoms with Crippen LogP contribution in [-0.2, 0) is 10.8 Å². The summed E-state index contributed by atoms with van der Waals surface area (Å²) < 4.78 is 124. The molecule has 0 aliphatic heterocycles. The van der Waals surface area contributed by atoms with Gasteiger partial charge in [0.05, 0.1) is 10.8 Å². The summed E-state index contributed by atoms with van der Waals surface area (Å²) in [6, 6.07) is 71.7. The maximum absolute atomic E-state index is 15.9. The van der Waals surface area contributed by atoms with Crippen LogP contribution in [0.3, 0.4) is 0 Å². The van der Waals surface area contributed by atoms with Crippen LogP contribution in [0.2, 0.25) is 0 Å². The summed E-state index contributed by atoms with van der Waals surface area (Å²) in [6.07, 6.45) is 3.40. The fourth-order valence-corrected chi connectivity index (χ4v) is 13.6. The lowest BCUT2D eigenvalue weighted by molar-refractivity contribution is 0.443. The van der Waals surface area contributed by atoms with E-state index >= 15 is 26.3 Å². The van der Waals surface area contributed by atoms with E-state index in [9.17, 15) is 8.78 Å². The molecule has 0 bridgehead atoms. The molecule has 0 radical (unpaired) electrons. The third kappa shape index (κ3) is 8.99. The minimum absolute atomic E-state index is 0.176. The molecule has 0 N–H and O–H groups in total. The fourth-order valence-electron chi connectivity index (χ4n) is 13.6. The van der Waals surface area contributed by atoms with Crippen LogP contribution < -0.4 is 9.80 Å². The van der Waals surface area contributed by atoms with Crippen LogP contribution in [0, 0.1) is 60.4 Å². The number of hydrogen-bond donors (Lipinski definition) is 0. The highest BCUT2D eigenvalue weighted by atomic mass is 19.2. The number of fused-ring (bicyclic) bond motifs is 6. The van der Waals surface area contributed by atoms with Crippen molar-refractivity contribution in [2.75, 3.05) is 9.80 Å². The van der Waals surface area contributed by atoms with E-state index in [2.05, 4.69) is 13.2 Å². The van der Waals surface area contributed by atoms with Gasteiger partial charge in [-0.05, 0) is 211 Å². The van der Waals surface area contributed by atoms with E-state index in [0.29, 0.717) is 67.5 Å². The molecular formula is C80H52F8N2. The van der Waals surface area contributed by atoms with E-state index in [-0.39, 0.29) is 11.1 Å². The van der Waals surface area contributed by atoms with Gasteiger partial charge in [-0.2, -0.15) is 0 Å². The first kappa shape index (κ1) is 56.9. The summed E-state index contributed by atoms with van der Waals surface area (Å²) in [5.74, 6) is -9.34. The first-order valence-electron chi connectivity index (χ1n) is 29.2. The molecule has 2 unspecified atom stereocenters. The van der Waals surface area contributed by atoms with Crippen LogP contribution in [0.25, 0.3) is 45.5 Å². The highest BCUT2D eigenvalue weighted by Crippen LogP contribution is 2.60. The quantitative estimate of drug-likeness (QED) is 0.0839. The fraction of sp³-hybridized carbons (Fsp3) is 0.0500. The number of halogens is 8. The normalized spacial score (nSPS) is 15.2. The maximum atomic E-state index is 15.9. The Hall–Kier alpha value is -10.8. The van der Waals surface area contributed by atoms with Gasteiger partial charge in [-0.1, -0.05) is 171 Å².